The number of amides is 1. The molecule has 2 N–H and O–H groups in total. The van der Waals surface area contributed by atoms with Crippen molar-refractivity contribution in [2.24, 2.45) is 0 Å². The Bertz CT molecular complexity index is 540. The van der Waals surface area contributed by atoms with E-state index in [4.69, 9.17) is 4.42 Å². The van der Waals surface area contributed by atoms with E-state index >= 15 is 0 Å². The quantitative estimate of drug-likeness (QED) is 0.757. The van der Waals surface area contributed by atoms with E-state index in [1.54, 1.807) is 24.5 Å². The second kappa shape index (κ2) is 7.28. The molecule has 2 aromatic rings. The van der Waals surface area contributed by atoms with Crippen molar-refractivity contribution >= 4 is 11.7 Å². The molecule has 2 rings (SSSR count). The zero-order chi connectivity index (χ0) is 14.2. The van der Waals surface area contributed by atoms with Crippen LogP contribution in [0.15, 0.2) is 35.2 Å². The summed E-state index contributed by atoms with van der Waals surface area (Å²) in [6.45, 7) is 3.30. The number of carbonyl (C=O) groups excluding carboxylic acids is 1. The van der Waals surface area contributed by atoms with Crippen LogP contribution in [0.3, 0.4) is 0 Å². The van der Waals surface area contributed by atoms with Crippen molar-refractivity contribution in [1.29, 1.82) is 0 Å². The SMILES string of the molecule is CCCCNc1cc(C(=O)NCc2ccco2)ncn1. The largest absolute Gasteiger partial charge is 0.467 e. The van der Waals surface area contributed by atoms with Crippen molar-refractivity contribution in [3.05, 3.63) is 42.2 Å². The molecule has 0 bridgehead atoms. The first-order valence-corrected chi connectivity index (χ1v) is 6.66. The summed E-state index contributed by atoms with van der Waals surface area (Å²) in [5.41, 5.74) is 0.338. The molecule has 106 valence electrons. The number of furan rings is 1. The highest BCUT2D eigenvalue weighted by atomic mass is 16.3. The van der Waals surface area contributed by atoms with Crippen molar-refractivity contribution in [2.75, 3.05) is 11.9 Å². The van der Waals surface area contributed by atoms with Gasteiger partial charge < -0.3 is 15.1 Å². The third-order valence-corrected chi connectivity index (χ3v) is 2.74. The van der Waals surface area contributed by atoms with Gasteiger partial charge in [0, 0.05) is 12.6 Å². The number of rotatable bonds is 7. The molecule has 2 heterocycles. The zero-order valence-electron chi connectivity index (χ0n) is 11.4. The van der Waals surface area contributed by atoms with Gasteiger partial charge >= 0.3 is 0 Å². The lowest BCUT2D eigenvalue weighted by Crippen LogP contribution is -2.23. The van der Waals surface area contributed by atoms with Crippen LogP contribution in [0, 0.1) is 0 Å². The summed E-state index contributed by atoms with van der Waals surface area (Å²) >= 11 is 0. The Balaban J connectivity index is 1.90. The van der Waals surface area contributed by atoms with Gasteiger partial charge in [0.25, 0.3) is 5.91 Å². The van der Waals surface area contributed by atoms with Crippen molar-refractivity contribution in [3.8, 4) is 0 Å². The molecule has 2 aromatic heterocycles. The van der Waals surface area contributed by atoms with E-state index in [1.165, 1.54) is 6.33 Å². The van der Waals surface area contributed by atoms with Crippen molar-refractivity contribution in [3.63, 3.8) is 0 Å². The second-order valence-electron chi connectivity index (χ2n) is 4.33. The number of hydrogen-bond donors (Lipinski definition) is 2. The van der Waals surface area contributed by atoms with Crippen LogP contribution in [-0.4, -0.2) is 22.4 Å². The maximum Gasteiger partial charge on any atom is 0.270 e. The first-order valence-electron chi connectivity index (χ1n) is 6.66. The summed E-state index contributed by atoms with van der Waals surface area (Å²) in [5, 5.41) is 5.91. The minimum absolute atomic E-state index is 0.248. The Morgan fingerprint density at radius 3 is 3.05 bits per heavy atom. The highest BCUT2D eigenvalue weighted by molar-refractivity contribution is 5.92. The van der Waals surface area contributed by atoms with Crippen LogP contribution in [0.1, 0.15) is 36.0 Å². The van der Waals surface area contributed by atoms with Gasteiger partial charge in [0.2, 0.25) is 0 Å². The van der Waals surface area contributed by atoms with Gasteiger partial charge in [0.1, 0.15) is 23.6 Å². The first-order chi connectivity index (χ1) is 9.79. The van der Waals surface area contributed by atoms with E-state index < -0.39 is 0 Å². The van der Waals surface area contributed by atoms with E-state index in [0.29, 0.717) is 23.8 Å². The van der Waals surface area contributed by atoms with E-state index in [-0.39, 0.29) is 5.91 Å². The van der Waals surface area contributed by atoms with Crippen LogP contribution in [0.2, 0.25) is 0 Å². The molecule has 0 saturated carbocycles. The van der Waals surface area contributed by atoms with Gasteiger partial charge in [-0.2, -0.15) is 0 Å². The zero-order valence-corrected chi connectivity index (χ0v) is 11.4. The lowest BCUT2D eigenvalue weighted by atomic mass is 10.3. The molecule has 0 saturated heterocycles. The van der Waals surface area contributed by atoms with Gasteiger partial charge in [0.15, 0.2) is 0 Å². The summed E-state index contributed by atoms with van der Waals surface area (Å²) < 4.78 is 5.15. The molecule has 20 heavy (non-hydrogen) atoms. The Hall–Kier alpha value is -2.37. The smallest absolute Gasteiger partial charge is 0.270 e. The normalized spacial score (nSPS) is 10.2. The predicted octanol–water partition coefficient (Wildman–Crippen LogP) is 2.21. The van der Waals surface area contributed by atoms with E-state index in [1.807, 2.05) is 0 Å². The van der Waals surface area contributed by atoms with E-state index in [0.717, 1.165) is 19.4 Å². The summed E-state index contributed by atoms with van der Waals surface area (Å²) in [6.07, 6.45) is 5.12. The van der Waals surface area contributed by atoms with Gasteiger partial charge in [-0.05, 0) is 18.6 Å². The summed E-state index contributed by atoms with van der Waals surface area (Å²) in [4.78, 5) is 20.0. The van der Waals surface area contributed by atoms with Gasteiger partial charge in [0.05, 0.1) is 12.8 Å². The van der Waals surface area contributed by atoms with E-state index in [2.05, 4.69) is 27.5 Å². The Kier molecular flexibility index (Phi) is 5.11. The van der Waals surface area contributed by atoms with Crippen molar-refractivity contribution in [1.82, 2.24) is 15.3 Å². The lowest BCUT2D eigenvalue weighted by Gasteiger charge is -2.06. The van der Waals surface area contributed by atoms with Gasteiger partial charge in [-0.1, -0.05) is 13.3 Å². The fraction of sp³-hybridized carbons (Fsp3) is 0.357. The summed E-state index contributed by atoms with van der Waals surface area (Å²) in [7, 11) is 0. The third-order valence-electron chi connectivity index (χ3n) is 2.74. The lowest BCUT2D eigenvalue weighted by molar-refractivity contribution is 0.0943. The third kappa shape index (κ3) is 4.08. The topological polar surface area (TPSA) is 80.0 Å². The predicted molar refractivity (Wildman–Crippen MR) is 75.3 cm³/mol. The first kappa shape index (κ1) is 14.0. The fourth-order valence-electron chi connectivity index (χ4n) is 1.64. The summed E-state index contributed by atoms with van der Waals surface area (Å²) in [6, 6.07) is 5.23. The molecule has 0 fully saturated rings. The van der Waals surface area contributed by atoms with Crippen LogP contribution >= 0.6 is 0 Å². The highest BCUT2D eigenvalue weighted by Gasteiger charge is 2.09. The second-order valence-corrected chi connectivity index (χ2v) is 4.33. The summed E-state index contributed by atoms with van der Waals surface area (Å²) in [5.74, 6) is 1.12. The Morgan fingerprint density at radius 2 is 2.30 bits per heavy atom. The molecule has 6 heteroatoms. The molecule has 0 aromatic carbocycles. The number of nitrogens with zero attached hydrogens (tertiary/aromatic N) is 2. The monoisotopic (exact) mass is 274 g/mol. The number of aromatic nitrogens is 2. The molecule has 0 radical (unpaired) electrons. The highest BCUT2D eigenvalue weighted by Crippen LogP contribution is 2.05. The van der Waals surface area contributed by atoms with Crippen molar-refractivity contribution in [2.45, 2.75) is 26.3 Å². The molecular formula is C14H18N4O2. The minimum atomic E-state index is -0.248. The maximum atomic E-state index is 12.0. The minimum Gasteiger partial charge on any atom is -0.467 e. The molecule has 1 amide bonds. The van der Waals surface area contributed by atoms with Gasteiger partial charge in [-0.25, -0.2) is 9.97 Å². The molecule has 0 aliphatic carbocycles. The Labute approximate surface area is 117 Å². The molecule has 0 unspecified atom stereocenters. The molecule has 0 spiro atoms. The molecule has 0 atom stereocenters. The number of hydrogen-bond acceptors (Lipinski definition) is 5. The molecular weight excluding hydrogens is 256 g/mol. The van der Waals surface area contributed by atoms with Crippen LogP contribution in [0.5, 0.6) is 0 Å². The maximum absolute atomic E-state index is 12.0. The molecule has 0 aliphatic heterocycles. The fourth-order valence-corrected chi connectivity index (χ4v) is 1.64. The van der Waals surface area contributed by atoms with Gasteiger partial charge in [-0.3, -0.25) is 4.79 Å². The average Bonchev–Trinajstić information content (AvgIpc) is 2.99. The molecule has 6 nitrogen and oxygen atoms in total. The Morgan fingerprint density at radius 1 is 1.40 bits per heavy atom. The number of carbonyl (C=O) groups is 1. The molecule has 0 aliphatic rings. The number of anilines is 1. The average molecular weight is 274 g/mol. The standard InChI is InChI=1S/C14H18N4O2/c1-2-3-6-15-13-8-12(17-10-18-13)14(19)16-9-11-5-4-7-20-11/h4-5,7-8,10H,2-3,6,9H2,1H3,(H,16,19)(H,15,17,18). The number of unbranched alkanes of at least 4 members (excludes halogenated alkanes) is 1. The number of nitrogens with one attached hydrogen (secondary N) is 2. The van der Waals surface area contributed by atoms with Crippen LogP contribution in [0.4, 0.5) is 5.82 Å². The van der Waals surface area contributed by atoms with Crippen molar-refractivity contribution < 1.29 is 9.21 Å². The van der Waals surface area contributed by atoms with Crippen LogP contribution < -0.4 is 10.6 Å². The van der Waals surface area contributed by atoms with Crippen LogP contribution in [-0.2, 0) is 6.54 Å². The van der Waals surface area contributed by atoms with E-state index in [9.17, 15) is 4.79 Å². The van der Waals surface area contributed by atoms with Crippen LogP contribution in [0.25, 0.3) is 0 Å². The van der Waals surface area contributed by atoms with Gasteiger partial charge in [-0.15, -0.1) is 0 Å².